The number of imidazole rings is 1. The van der Waals surface area contributed by atoms with Crippen molar-refractivity contribution in [2.45, 2.75) is 45.6 Å². The van der Waals surface area contributed by atoms with Crippen LogP contribution >= 0.6 is 0 Å². The average molecular weight is 221 g/mol. The fourth-order valence-electron chi connectivity index (χ4n) is 3.02. The highest BCUT2D eigenvalue weighted by molar-refractivity contribution is 4.96. The maximum absolute atomic E-state index is 5.90. The Morgan fingerprint density at radius 3 is 2.88 bits per heavy atom. The molecule has 0 bridgehead atoms. The lowest BCUT2D eigenvalue weighted by molar-refractivity contribution is 0.182. The van der Waals surface area contributed by atoms with E-state index in [1.807, 2.05) is 6.20 Å². The zero-order chi connectivity index (χ0) is 11.5. The Morgan fingerprint density at radius 2 is 2.31 bits per heavy atom. The number of rotatable bonds is 3. The summed E-state index contributed by atoms with van der Waals surface area (Å²) in [7, 11) is 0. The van der Waals surface area contributed by atoms with E-state index in [9.17, 15) is 0 Å². The monoisotopic (exact) mass is 221 g/mol. The molecule has 90 valence electrons. The predicted molar refractivity (Wildman–Crippen MR) is 66.2 cm³/mol. The lowest BCUT2D eigenvalue weighted by Gasteiger charge is -2.36. The topological polar surface area (TPSA) is 43.8 Å². The van der Waals surface area contributed by atoms with Gasteiger partial charge in [-0.1, -0.05) is 13.3 Å². The summed E-state index contributed by atoms with van der Waals surface area (Å²) in [6.45, 7) is 5.19. The second-order valence-electron chi connectivity index (χ2n) is 5.03. The molecular formula is C13H23N3. The van der Waals surface area contributed by atoms with Crippen LogP contribution < -0.4 is 5.73 Å². The molecule has 1 heterocycles. The van der Waals surface area contributed by atoms with Crippen LogP contribution in [0.4, 0.5) is 0 Å². The predicted octanol–water partition coefficient (Wildman–Crippen LogP) is 2.52. The first-order valence-corrected chi connectivity index (χ1v) is 6.45. The first-order valence-electron chi connectivity index (χ1n) is 6.45. The Hall–Kier alpha value is -0.830. The molecule has 1 aromatic heterocycles. The minimum atomic E-state index is 0.575. The Balaban J connectivity index is 2.18. The van der Waals surface area contributed by atoms with E-state index in [0.29, 0.717) is 12.0 Å². The number of aromatic nitrogens is 2. The molecule has 1 aromatic rings. The first kappa shape index (κ1) is 11.6. The van der Waals surface area contributed by atoms with Crippen molar-refractivity contribution in [2.75, 3.05) is 6.54 Å². The van der Waals surface area contributed by atoms with Gasteiger partial charge in [0.05, 0.1) is 0 Å². The molecule has 0 amide bonds. The third-order valence-corrected chi connectivity index (χ3v) is 4.16. The summed E-state index contributed by atoms with van der Waals surface area (Å²) < 4.78 is 2.33. The van der Waals surface area contributed by atoms with Gasteiger partial charge in [0.2, 0.25) is 0 Å². The number of hydrogen-bond donors (Lipinski definition) is 1. The molecule has 3 unspecified atom stereocenters. The molecule has 0 saturated heterocycles. The van der Waals surface area contributed by atoms with Gasteiger partial charge in [-0.15, -0.1) is 0 Å². The number of nitrogens with zero attached hydrogens (tertiary/aromatic N) is 2. The molecule has 3 heteroatoms. The molecule has 0 aliphatic heterocycles. The van der Waals surface area contributed by atoms with Crippen molar-refractivity contribution in [1.29, 1.82) is 0 Å². The highest BCUT2D eigenvalue weighted by atomic mass is 15.1. The molecule has 1 fully saturated rings. The van der Waals surface area contributed by atoms with Crippen molar-refractivity contribution in [1.82, 2.24) is 9.55 Å². The van der Waals surface area contributed by atoms with Gasteiger partial charge < -0.3 is 10.3 Å². The van der Waals surface area contributed by atoms with Crippen LogP contribution in [0.25, 0.3) is 0 Å². The van der Waals surface area contributed by atoms with Crippen molar-refractivity contribution in [3.8, 4) is 0 Å². The van der Waals surface area contributed by atoms with E-state index < -0.39 is 0 Å². The maximum atomic E-state index is 5.90. The summed E-state index contributed by atoms with van der Waals surface area (Å²) in [4.78, 5) is 4.33. The van der Waals surface area contributed by atoms with E-state index in [4.69, 9.17) is 5.73 Å². The van der Waals surface area contributed by atoms with Crippen LogP contribution in [0.1, 0.15) is 44.5 Å². The summed E-state index contributed by atoms with van der Waals surface area (Å²) in [5, 5.41) is 0. The van der Waals surface area contributed by atoms with Crippen LogP contribution in [-0.2, 0) is 0 Å². The lowest BCUT2D eigenvalue weighted by atomic mass is 9.77. The Labute approximate surface area is 98.1 Å². The molecule has 1 aliphatic rings. The van der Waals surface area contributed by atoms with Gasteiger partial charge in [-0.2, -0.15) is 0 Å². The molecule has 2 rings (SSSR count). The Morgan fingerprint density at radius 1 is 1.50 bits per heavy atom. The number of nitrogens with two attached hydrogens (primary N) is 1. The van der Waals surface area contributed by atoms with Gasteiger partial charge in [-0.25, -0.2) is 4.98 Å². The van der Waals surface area contributed by atoms with E-state index in [1.54, 1.807) is 0 Å². The SMILES string of the molecule is CCC1CCC(CN)C(n2ccnc2C)C1. The standard InChI is InChI=1S/C13H23N3/c1-3-11-4-5-12(9-14)13(8-11)16-7-6-15-10(16)2/h6-7,11-13H,3-5,8-9,14H2,1-2H3. The third kappa shape index (κ3) is 2.14. The van der Waals surface area contributed by atoms with Crippen LogP contribution in [0.3, 0.4) is 0 Å². The summed E-state index contributed by atoms with van der Waals surface area (Å²) in [5.41, 5.74) is 5.90. The van der Waals surface area contributed by atoms with Gasteiger partial charge in [0.15, 0.2) is 0 Å². The van der Waals surface area contributed by atoms with E-state index in [2.05, 4.69) is 29.6 Å². The molecule has 0 radical (unpaired) electrons. The number of hydrogen-bond acceptors (Lipinski definition) is 2. The second kappa shape index (κ2) is 5.00. The molecule has 0 aromatic carbocycles. The van der Waals surface area contributed by atoms with Gasteiger partial charge in [-0.05, 0) is 44.6 Å². The zero-order valence-corrected chi connectivity index (χ0v) is 10.4. The van der Waals surface area contributed by atoms with Crippen molar-refractivity contribution in [3.05, 3.63) is 18.2 Å². The summed E-state index contributed by atoms with van der Waals surface area (Å²) in [6.07, 6.45) is 9.20. The van der Waals surface area contributed by atoms with Gasteiger partial charge in [0.25, 0.3) is 0 Å². The molecule has 0 spiro atoms. The molecule has 1 aliphatic carbocycles. The molecule has 2 N–H and O–H groups in total. The highest BCUT2D eigenvalue weighted by Crippen LogP contribution is 2.38. The first-order chi connectivity index (χ1) is 7.76. The molecule has 16 heavy (non-hydrogen) atoms. The van der Waals surface area contributed by atoms with Gasteiger partial charge in [0, 0.05) is 18.4 Å². The van der Waals surface area contributed by atoms with E-state index in [-0.39, 0.29) is 0 Å². The van der Waals surface area contributed by atoms with E-state index >= 15 is 0 Å². The van der Waals surface area contributed by atoms with Gasteiger partial charge >= 0.3 is 0 Å². The zero-order valence-electron chi connectivity index (χ0n) is 10.4. The molecule has 1 saturated carbocycles. The summed E-state index contributed by atoms with van der Waals surface area (Å²) >= 11 is 0. The second-order valence-corrected chi connectivity index (χ2v) is 5.03. The quantitative estimate of drug-likeness (QED) is 0.852. The van der Waals surface area contributed by atoms with E-state index in [1.165, 1.54) is 25.7 Å². The van der Waals surface area contributed by atoms with Gasteiger partial charge in [-0.3, -0.25) is 0 Å². The fourth-order valence-corrected chi connectivity index (χ4v) is 3.02. The van der Waals surface area contributed by atoms with E-state index in [0.717, 1.165) is 18.3 Å². The van der Waals surface area contributed by atoms with Crippen molar-refractivity contribution in [3.63, 3.8) is 0 Å². The van der Waals surface area contributed by atoms with Crippen LogP contribution in [-0.4, -0.2) is 16.1 Å². The minimum absolute atomic E-state index is 0.575. The average Bonchev–Trinajstić information content (AvgIpc) is 2.74. The largest absolute Gasteiger partial charge is 0.332 e. The van der Waals surface area contributed by atoms with Crippen LogP contribution in [0.5, 0.6) is 0 Å². The fraction of sp³-hybridized carbons (Fsp3) is 0.769. The minimum Gasteiger partial charge on any atom is -0.332 e. The van der Waals surface area contributed by atoms with Crippen LogP contribution in [0, 0.1) is 18.8 Å². The van der Waals surface area contributed by atoms with Crippen molar-refractivity contribution < 1.29 is 0 Å². The van der Waals surface area contributed by atoms with Crippen LogP contribution in [0.2, 0.25) is 0 Å². The Kier molecular flexibility index (Phi) is 3.64. The van der Waals surface area contributed by atoms with Crippen LogP contribution in [0.15, 0.2) is 12.4 Å². The lowest BCUT2D eigenvalue weighted by Crippen LogP contribution is -2.32. The highest BCUT2D eigenvalue weighted by Gasteiger charge is 2.30. The normalized spacial score (nSPS) is 30.6. The molecule has 3 nitrogen and oxygen atoms in total. The molecular weight excluding hydrogens is 198 g/mol. The molecule has 3 atom stereocenters. The summed E-state index contributed by atoms with van der Waals surface area (Å²) in [5.74, 6) is 2.63. The van der Waals surface area contributed by atoms with Crippen molar-refractivity contribution in [2.24, 2.45) is 17.6 Å². The smallest absolute Gasteiger partial charge is 0.105 e. The van der Waals surface area contributed by atoms with Crippen molar-refractivity contribution >= 4 is 0 Å². The van der Waals surface area contributed by atoms with Gasteiger partial charge in [0.1, 0.15) is 5.82 Å². The Bertz CT molecular complexity index is 332. The third-order valence-electron chi connectivity index (χ3n) is 4.16. The summed E-state index contributed by atoms with van der Waals surface area (Å²) in [6, 6.07) is 0.575. The number of aryl methyl sites for hydroxylation is 1. The maximum Gasteiger partial charge on any atom is 0.105 e.